The summed E-state index contributed by atoms with van der Waals surface area (Å²) in [6.07, 6.45) is 0. The third-order valence-corrected chi connectivity index (χ3v) is 2.18. The predicted octanol–water partition coefficient (Wildman–Crippen LogP) is 1.66. The number of nitrogen functional groups attached to an aromatic ring is 1. The number of rotatable bonds is 3. The van der Waals surface area contributed by atoms with Crippen LogP contribution in [-0.4, -0.2) is 18.7 Å². The lowest BCUT2D eigenvalue weighted by molar-refractivity contribution is 0.522. The molecule has 1 aromatic rings. The van der Waals surface area contributed by atoms with E-state index < -0.39 is 0 Å². The maximum atomic E-state index is 9.01. The van der Waals surface area contributed by atoms with Crippen LogP contribution in [0.1, 0.15) is 19.5 Å². The lowest BCUT2D eigenvalue weighted by Gasteiger charge is -2.19. The number of nitriles is 1. The SMILES string of the molecule is CC(C)Cn1c(C#N)cc(N)c1N(C)C. The third-order valence-electron chi connectivity index (χ3n) is 2.18. The van der Waals surface area contributed by atoms with Gasteiger partial charge >= 0.3 is 0 Å². The molecule has 0 radical (unpaired) electrons. The van der Waals surface area contributed by atoms with E-state index in [4.69, 9.17) is 11.0 Å². The molecule has 4 heteroatoms. The van der Waals surface area contributed by atoms with Gasteiger partial charge < -0.3 is 15.2 Å². The Labute approximate surface area is 90.9 Å². The Morgan fingerprint density at radius 1 is 1.53 bits per heavy atom. The summed E-state index contributed by atoms with van der Waals surface area (Å²) >= 11 is 0. The molecular formula is C11H18N4. The minimum Gasteiger partial charge on any atom is -0.396 e. The zero-order chi connectivity index (χ0) is 11.6. The Morgan fingerprint density at radius 2 is 2.13 bits per heavy atom. The molecule has 0 fully saturated rings. The second kappa shape index (κ2) is 4.26. The van der Waals surface area contributed by atoms with Crippen molar-refractivity contribution in [3.8, 4) is 6.07 Å². The van der Waals surface area contributed by atoms with Crippen molar-refractivity contribution >= 4 is 11.5 Å². The smallest absolute Gasteiger partial charge is 0.132 e. The molecular weight excluding hydrogens is 188 g/mol. The van der Waals surface area contributed by atoms with E-state index in [9.17, 15) is 0 Å². The van der Waals surface area contributed by atoms with E-state index in [1.54, 1.807) is 6.07 Å². The molecule has 0 aliphatic carbocycles. The van der Waals surface area contributed by atoms with Crippen LogP contribution in [0.3, 0.4) is 0 Å². The predicted molar refractivity (Wildman–Crippen MR) is 62.7 cm³/mol. The number of aromatic nitrogens is 1. The quantitative estimate of drug-likeness (QED) is 0.818. The third kappa shape index (κ3) is 2.24. The van der Waals surface area contributed by atoms with E-state index in [1.807, 2.05) is 23.6 Å². The molecule has 0 saturated carbocycles. The summed E-state index contributed by atoms with van der Waals surface area (Å²) in [5.41, 5.74) is 7.17. The van der Waals surface area contributed by atoms with Crippen molar-refractivity contribution in [2.45, 2.75) is 20.4 Å². The molecule has 0 aliphatic heterocycles. The first-order valence-corrected chi connectivity index (χ1v) is 5.03. The Balaban J connectivity index is 3.24. The van der Waals surface area contributed by atoms with Crippen LogP contribution in [0.15, 0.2) is 6.07 Å². The summed E-state index contributed by atoms with van der Waals surface area (Å²) in [7, 11) is 3.87. The number of anilines is 2. The molecule has 1 aromatic heterocycles. The van der Waals surface area contributed by atoms with Crippen LogP contribution in [0.2, 0.25) is 0 Å². The molecule has 1 heterocycles. The van der Waals surface area contributed by atoms with Gasteiger partial charge in [0, 0.05) is 20.6 Å². The minimum absolute atomic E-state index is 0.489. The summed E-state index contributed by atoms with van der Waals surface area (Å²) in [5.74, 6) is 1.41. The second-order valence-electron chi connectivity index (χ2n) is 4.32. The average Bonchev–Trinajstić information content (AvgIpc) is 2.41. The van der Waals surface area contributed by atoms with E-state index in [1.165, 1.54) is 0 Å². The molecule has 2 N–H and O–H groups in total. The molecule has 0 unspecified atom stereocenters. The van der Waals surface area contributed by atoms with Gasteiger partial charge in [0.2, 0.25) is 0 Å². The van der Waals surface area contributed by atoms with Gasteiger partial charge in [-0.3, -0.25) is 0 Å². The van der Waals surface area contributed by atoms with E-state index >= 15 is 0 Å². The van der Waals surface area contributed by atoms with Crippen molar-refractivity contribution in [2.75, 3.05) is 24.7 Å². The summed E-state index contributed by atoms with van der Waals surface area (Å²) < 4.78 is 1.97. The monoisotopic (exact) mass is 206 g/mol. The molecule has 82 valence electrons. The zero-order valence-electron chi connectivity index (χ0n) is 9.78. The summed E-state index contributed by atoms with van der Waals surface area (Å²) in [4.78, 5) is 1.94. The second-order valence-corrected chi connectivity index (χ2v) is 4.32. The number of hydrogen-bond acceptors (Lipinski definition) is 3. The van der Waals surface area contributed by atoms with Crippen LogP contribution >= 0.6 is 0 Å². The van der Waals surface area contributed by atoms with Crippen molar-refractivity contribution in [1.29, 1.82) is 5.26 Å². The maximum Gasteiger partial charge on any atom is 0.132 e. The molecule has 0 aliphatic rings. The molecule has 0 spiro atoms. The van der Waals surface area contributed by atoms with Crippen LogP contribution in [0.25, 0.3) is 0 Å². The highest BCUT2D eigenvalue weighted by molar-refractivity contribution is 5.67. The zero-order valence-corrected chi connectivity index (χ0v) is 9.78. The molecule has 4 nitrogen and oxygen atoms in total. The average molecular weight is 206 g/mol. The molecule has 0 amide bonds. The number of nitrogens with zero attached hydrogens (tertiary/aromatic N) is 3. The Morgan fingerprint density at radius 3 is 2.53 bits per heavy atom. The first-order chi connectivity index (χ1) is 6.97. The summed E-state index contributed by atoms with van der Waals surface area (Å²) in [6, 6.07) is 3.91. The van der Waals surface area contributed by atoms with Crippen LogP contribution in [0, 0.1) is 17.2 Å². The highest BCUT2D eigenvalue weighted by Crippen LogP contribution is 2.27. The molecule has 1 rings (SSSR count). The van der Waals surface area contributed by atoms with Crippen molar-refractivity contribution < 1.29 is 0 Å². The van der Waals surface area contributed by atoms with Crippen molar-refractivity contribution in [2.24, 2.45) is 5.92 Å². The van der Waals surface area contributed by atoms with Gasteiger partial charge in [0.1, 0.15) is 17.6 Å². The van der Waals surface area contributed by atoms with E-state index in [0.29, 0.717) is 17.3 Å². The normalized spacial score (nSPS) is 10.4. The van der Waals surface area contributed by atoms with Crippen LogP contribution < -0.4 is 10.6 Å². The lowest BCUT2D eigenvalue weighted by atomic mass is 10.2. The maximum absolute atomic E-state index is 9.01. The Kier molecular flexibility index (Phi) is 3.25. The summed E-state index contributed by atoms with van der Waals surface area (Å²) in [6.45, 7) is 5.06. The first kappa shape index (κ1) is 11.4. The summed E-state index contributed by atoms with van der Waals surface area (Å²) in [5, 5.41) is 9.01. The van der Waals surface area contributed by atoms with E-state index in [0.717, 1.165) is 12.4 Å². The molecule has 0 aromatic carbocycles. The fraction of sp³-hybridized carbons (Fsp3) is 0.545. The van der Waals surface area contributed by atoms with E-state index in [2.05, 4.69) is 19.9 Å². The fourth-order valence-electron chi connectivity index (χ4n) is 1.70. The van der Waals surface area contributed by atoms with Crippen LogP contribution in [0.5, 0.6) is 0 Å². The topological polar surface area (TPSA) is 58.0 Å². The minimum atomic E-state index is 0.489. The lowest BCUT2D eigenvalue weighted by Crippen LogP contribution is -2.18. The number of hydrogen-bond donors (Lipinski definition) is 1. The Hall–Kier alpha value is -1.63. The van der Waals surface area contributed by atoms with Crippen LogP contribution in [0.4, 0.5) is 11.5 Å². The van der Waals surface area contributed by atoms with Gasteiger partial charge in [0.25, 0.3) is 0 Å². The molecule has 15 heavy (non-hydrogen) atoms. The van der Waals surface area contributed by atoms with Gasteiger partial charge in [-0.15, -0.1) is 0 Å². The molecule has 0 bridgehead atoms. The van der Waals surface area contributed by atoms with Gasteiger partial charge in [-0.2, -0.15) is 5.26 Å². The van der Waals surface area contributed by atoms with Crippen molar-refractivity contribution in [1.82, 2.24) is 4.57 Å². The highest BCUT2D eigenvalue weighted by atomic mass is 15.2. The van der Waals surface area contributed by atoms with Gasteiger partial charge in [0.05, 0.1) is 5.69 Å². The molecule has 0 atom stereocenters. The Bertz CT molecular complexity index is 382. The van der Waals surface area contributed by atoms with Gasteiger partial charge in [-0.05, 0) is 12.0 Å². The van der Waals surface area contributed by atoms with Crippen molar-refractivity contribution in [3.63, 3.8) is 0 Å². The number of nitrogens with two attached hydrogens (primary N) is 1. The standard InChI is InChI=1S/C11H18N4/c1-8(2)7-15-9(6-12)5-10(13)11(15)14(3)4/h5,8H,7,13H2,1-4H3. The van der Waals surface area contributed by atoms with E-state index in [-0.39, 0.29) is 0 Å². The van der Waals surface area contributed by atoms with Crippen LogP contribution in [-0.2, 0) is 6.54 Å². The largest absolute Gasteiger partial charge is 0.396 e. The highest BCUT2D eigenvalue weighted by Gasteiger charge is 2.15. The fourth-order valence-corrected chi connectivity index (χ4v) is 1.70. The van der Waals surface area contributed by atoms with Crippen molar-refractivity contribution in [3.05, 3.63) is 11.8 Å². The van der Waals surface area contributed by atoms with Gasteiger partial charge in [0.15, 0.2) is 0 Å². The molecule has 0 saturated heterocycles. The van der Waals surface area contributed by atoms with Gasteiger partial charge in [-0.1, -0.05) is 13.8 Å². The first-order valence-electron chi connectivity index (χ1n) is 5.03. The van der Waals surface area contributed by atoms with Gasteiger partial charge in [-0.25, -0.2) is 0 Å².